The van der Waals surface area contributed by atoms with E-state index in [2.05, 4.69) is 15.9 Å². The van der Waals surface area contributed by atoms with Gasteiger partial charge in [-0.25, -0.2) is 9.18 Å². The Labute approximate surface area is 106 Å². The molecule has 0 saturated carbocycles. The second-order valence-corrected chi connectivity index (χ2v) is 4.39. The van der Waals surface area contributed by atoms with Crippen LogP contribution in [0.15, 0.2) is 46.9 Å². The zero-order valence-corrected chi connectivity index (χ0v) is 10.2. The molecule has 2 nitrogen and oxygen atoms in total. The van der Waals surface area contributed by atoms with Gasteiger partial charge in [0.1, 0.15) is 5.82 Å². The summed E-state index contributed by atoms with van der Waals surface area (Å²) in [5.74, 6) is -1.51. The Morgan fingerprint density at radius 1 is 1.12 bits per heavy atom. The lowest BCUT2D eigenvalue weighted by Gasteiger charge is -2.07. The fourth-order valence-corrected chi connectivity index (χ4v) is 1.97. The molecule has 0 bridgehead atoms. The summed E-state index contributed by atoms with van der Waals surface area (Å²) in [6, 6.07) is 10.8. The lowest BCUT2D eigenvalue weighted by Crippen LogP contribution is -2.00. The van der Waals surface area contributed by atoms with Crippen LogP contribution in [0.3, 0.4) is 0 Å². The number of hydrogen-bond acceptors (Lipinski definition) is 1. The van der Waals surface area contributed by atoms with Crippen molar-refractivity contribution in [2.45, 2.75) is 0 Å². The Bertz CT molecular complexity index is 581. The lowest BCUT2D eigenvalue weighted by atomic mass is 9.99. The molecule has 0 aliphatic carbocycles. The predicted molar refractivity (Wildman–Crippen MR) is 66.5 cm³/mol. The van der Waals surface area contributed by atoms with Gasteiger partial charge in [0.2, 0.25) is 0 Å². The highest BCUT2D eigenvalue weighted by atomic mass is 79.9. The fourth-order valence-electron chi connectivity index (χ4n) is 1.61. The Balaban J connectivity index is 2.68. The topological polar surface area (TPSA) is 37.3 Å². The first-order valence-electron chi connectivity index (χ1n) is 4.87. The Hall–Kier alpha value is -1.68. The summed E-state index contributed by atoms with van der Waals surface area (Å²) < 4.78 is 14.3. The van der Waals surface area contributed by atoms with Crippen LogP contribution in [0.4, 0.5) is 4.39 Å². The summed E-state index contributed by atoms with van der Waals surface area (Å²) in [6.45, 7) is 0. The van der Waals surface area contributed by atoms with Crippen molar-refractivity contribution < 1.29 is 14.3 Å². The highest BCUT2D eigenvalue weighted by Crippen LogP contribution is 2.28. The number of carboxylic acid groups (broad SMARTS) is 1. The molecular formula is C13H8BrFO2. The molecule has 0 radical (unpaired) electrons. The predicted octanol–water partition coefficient (Wildman–Crippen LogP) is 3.95. The third-order valence-electron chi connectivity index (χ3n) is 2.38. The highest BCUT2D eigenvalue weighted by molar-refractivity contribution is 9.10. The van der Waals surface area contributed by atoms with Crippen LogP contribution < -0.4 is 0 Å². The van der Waals surface area contributed by atoms with Gasteiger partial charge in [-0.1, -0.05) is 40.2 Å². The zero-order chi connectivity index (χ0) is 12.4. The third kappa shape index (κ3) is 2.36. The summed E-state index contributed by atoms with van der Waals surface area (Å²) in [6.07, 6.45) is 0. The molecule has 0 heterocycles. The Kier molecular flexibility index (Phi) is 3.24. The first kappa shape index (κ1) is 11.8. The summed E-state index contributed by atoms with van der Waals surface area (Å²) in [4.78, 5) is 11.1. The van der Waals surface area contributed by atoms with E-state index in [-0.39, 0.29) is 11.1 Å². The maximum absolute atomic E-state index is 13.6. The smallest absolute Gasteiger partial charge is 0.336 e. The Morgan fingerprint density at radius 3 is 2.47 bits per heavy atom. The molecule has 0 aromatic heterocycles. The Morgan fingerprint density at radius 2 is 1.82 bits per heavy atom. The van der Waals surface area contributed by atoms with Gasteiger partial charge >= 0.3 is 5.97 Å². The van der Waals surface area contributed by atoms with Crippen molar-refractivity contribution in [2.24, 2.45) is 0 Å². The average molecular weight is 295 g/mol. The minimum absolute atomic E-state index is 0.0736. The number of benzene rings is 2. The first-order chi connectivity index (χ1) is 8.09. The first-order valence-corrected chi connectivity index (χ1v) is 5.66. The van der Waals surface area contributed by atoms with Gasteiger partial charge in [0.25, 0.3) is 0 Å². The third-order valence-corrected chi connectivity index (χ3v) is 2.87. The standard InChI is InChI=1S/C13H8BrFO2/c14-8-5-6-9(11(7-8)13(16)17)10-3-1-2-4-12(10)15/h1-7H,(H,16,17). The number of hydrogen-bond donors (Lipinski definition) is 1. The van der Waals surface area contributed by atoms with E-state index in [4.69, 9.17) is 5.11 Å². The molecule has 0 atom stereocenters. The maximum Gasteiger partial charge on any atom is 0.336 e. The second-order valence-electron chi connectivity index (χ2n) is 3.47. The van der Waals surface area contributed by atoms with Gasteiger partial charge in [0.05, 0.1) is 5.56 Å². The van der Waals surface area contributed by atoms with Crippen molar-refractivity contribution in [3.8, 4) is 11.1 Å². The summed E-state index contributed by atoms with van der Waals surface area (Å²) in [5.41, 5.74) is 0.737. The van der Waals surface area contributed by atoms with Crippen molar-refractivity contribution in [1.29, 1.82) is 0 Å². The van der Waals surface area contributed by atoms with Crippen LogP contribution in [0, 0.1) is 5.82 Å². The van der Waals surface area contributed by atoms with Crippen LogP contribution >= 0.6 is 15.9 Å². The quantitative estimate of drug-likeness (QED) is 0.910. The molecule has 86 valence electrons. The van der Waals surface area contributed by atoms with E-state index in [1.165, 1.54) is 12.1 Å². The van der Waals surface area contributed by atoms with E-state index >= 15 is 0 Å². The molecule has 1 N–H and O–H groups in total. The van der Waals surface area contributed by atoms with Gasteiger partial charge in [-0.15, -0.1) is 0 Å². The number of carbonyl (C=O) groups is 1. The SMILES string of the molecule is O=C(O)c1cc(Br)ccc1-c1ccccc1F. The monoisotopic (exact) mass is 294 g/mol. The van der Waals surface area contributed by atoms with E-state index in [1.54, 1.807) is 30.3 Å². The van der Waals surface area contributed by atoms with Crippen molar-refractivity contribution in [3.63, 3.8) is 0 Å². The number of carboxylic acids is 1. The number of halogens is 2. The molecule has 0 saturated heterocycles. The second kappa shape index (κ2) is 4.67. The van der Waals surface area contributed by atoms with Gasteiger partial charge < -0.3 is 5.11 Å². The van der Waals surface area contributed by atoms with Gasteiger partial charge in [0, 0.05) is 10.0 Å². The van der Waals surface area contributed by atoms with Gasteiger partial charge in [-0.2, -0.15) is 0 Å². The molecule has 0 amide bonds. The number of rotatable bonds is 2. The van der Waals surface area contributed by atoms with E-state index in [0.717, 1.165) is 0 Å². The van der Waals surface area contributed by atoms with Crippen molar-refractivity contribution in [1.82, 2.24) is 0 Å². The number of aromatic carboxylic acids is 1. The minimum atomic E-state index is -1.08. The summed E-state index contributed by atoms with van der Waals surface area (Å²) in [5, 5.41) is 9.10. The lowest BCUT2D eigenvalue weighted by molar-refractivity contribution is 0.0697. The molecule has 4 heteroatoms. The molecule has 2 aromatic rings. The minimum Gasteiger partial charge on any atom is -0.478 e. The van der Waals surface area contributed by atoms with Crippen molar-refractivity contribution in [3.05, 3.63) is 58.3 Å². The van der Waals surface area contributed by atoms with E-state index in [9.17, 15) is 9.18 Å². The van der Waals surface area contributed by atoms with Crippen molar-refractivity contribution in [2.75, 3.05) is 0 Å². The van der Waals surface area contributed by atoms with Crippen LogP contribution in [0.2, 0.25) is 0 Å². The molecule has 2 aromatic carbocycles. The molecule has 17 heavy (non-hydrogen) atoms. The van der Waals surface area contributed by atoms with Crippen LogP contribution in [-0.2, 0) is 0 Å². The van der Waals surface area contributed by atoms with Gasteiger partial charge in [-0.05, 0) is 23.8 Å². The fraction of sp³-hybridized carbons (Fsp3) is 0. The van der Waals surface area contributed by atoms with Crippen LogP contribution in [0.1, 0.15) is 10.4 Å². The summed E-state index contributed by atoms with van der Waals surface area (Å²) >= 11 is 3.20. The van der Waals surface area contributed by atoms with E-state index in [0.29, 0.717) is 10.0 Å². The zero-order valence-electron chi connectivity index (χ0n) is 8.65. The largest absolute Gasteiger partial charge is 0.478 e. The molecule has 0 unspecified atom stereocenters. The molecular weight excluding hydrogens is 287 g/mol. The summed E-state index contributed by atoms with van der Waals surface area (Å²) in [7, 11) is 0. The molecule has 0 fully saturated rings. The van der Waals surface area contributed by atoms with E-state index < -0.39 is 11.8 Å². The average Bonchev–Trinajstić information content (AvgIpc) is 2.30. The normalized spacial score (nSPS) is 10.2. The van der Waals surface area contributed by atoms with Crippen LogP contribution in [0.5, 0.6) is 0 Å². The van der Waals surface area contributed by atoms with E-state index in [1.807, 2.05) is 0 Å². The molecule has 2 rings (SSSR count). The van der Waals surface area contributed by atoms with Gasteiger partial charge in [0.15, 0.2) is 0 Å². The van der Waals surface area contributed by atoms with Crippen LogP contribution in [-0.4, -0.2) is 11.1 Å². The molecule has 0 aliphatic heterocycles. The van der Waals surface area contributed by atoms with Crippen molar-refractivity contribution >= 4 is 21.9 Å². The molecule has 0 spiro atoms. The van der Waals surface area contributed by atoms with Gasteiger partial charge in [-0.3, -0.25) is 0 Å². The molecule has 0 aliphatic rings. The highest BCUT2D eigenvalue weighted by Gasteiger charge is 2.14. The van der Waals surface area contributed by atoms with Crippen LogP contribution in [0.25, 0.3) is 11.1 Å². The maximum atomic E-state index is 13.6.